The van der Waals surface area contributed by atoms with Crippen molar-refractivity contribution in [2.75, 3.05) is 57.2 Å². The molecule has 0 spiro atoms. The third-order valence-corrected chi connectivity index (χ3v) is 6.00. The molecule has 0 bridgehead atoms. The number of pyridine rings is 1. The molecule has 0 aliphatic carbocycles. The maximum atomic E-state index is 12.6. The van der Waals surface area contributed by atoms with Crippen LogP contribution in [0.15, 0.2) is 47.3 Å². The Bertz CT molecular complexity index is 1100. The second kappa shape index (κ2) is 8.40. The highest BCUT2D eigenvalue weighted by atomic mass is 16.5. The first kappa shape index (κ1) is 20.3. The lowest BCUT2D eigenvalue weighted by Gasteiger charge is -2.34. The van der Waals surface area contributed by atoms with Gasteiger partial charge in [0.15, 0.2) is 0 Å². The number of benzene rings is 2. The molecule has 6 heteroatoms. The molecule has 0 saturated carbocycles. The molecule has 158 valence electrons. The molecule has 2 heterocycles. The number of piperazine rings is 1. The van der Waals surface area contributed by atoms with Gasteiger partial charge in [-0.15, -0.1) is 0 Å². The molecular weight excluding hydrogens is 376 g/mol. The van der Waals surface area contributed by atoms with Crippen LogP contribution in [0.3, 0.4) is 0 Å². The topological polar surface area (TPSA) is 51.8 Å². The van der Waals surface area contributed by atoms with Crippen LogP contribution in [-0.2, 0) is 6.54 Å². The Kier molecular flexibility index (Phi) is 5.68. The maximum Gasteiger partial charge on any atom is 0.253 e. The molecule has 30 heavy (non-hydrogen) atoms. The van der Waals surface area contributed by atoms with Gasteiger partial charge in [-0.1, -0.05) is 0 Å². The third-order valence-electron chi connectivity index (χ3n) is 6.00. The van der Waals surface area contributed by atoms with Crippen molar-refractivity contribution >= 4 is 22.3 Å². The zero-order chi connectivity index (χ0) is 21.3. The van der Waals surface area contributed by atoms with E-state index in [1.807, 2.05) is 31.3 Å². The van der Waals surface area contributed by atoms with E-state index in [4.69, 9.17) is 4.74 Å². The summed E-state index contributed by atoms with van der Waals surface area (Å²) in [6.45, 7) is 6.99. The molecule has 1 N–H and O–H groups in total. The van der Waals surface area contributed by atoms with Crippen LogP contribution in [0.5, 0.6) is 5.75 Å². The van der Waals surface area contributed by atoms with Crippen molar-refractivity contribution in [2.24, 2.45) is 0 Å². The summed E-state index contributed by atoms with van der Waals surface area (Å²) >= 11 is 0. The first-order valence-electron chi connectivity index (χ1n) is 10.4. The van der Waals surface area contributed by atoms with Crippen molar-refractivity contribution in [1.82, 2.24) is 9.88 Å². The van der Waals surface area contributed by atoms with Gasteiger partial charge in [0.25, 0.3) is 5.56 Å². The molecule has 2 aromatic carbocycles. The van der Waals surface area contributed by atoms with Crippen molar-refractivity contribution < 1.29 is 4.74 Å². The highest BCUT2D eigenvalue weighted by Crippen LogP contribution is 2.27. The number of nitrogens with zero attached hydrogens (tertiary/aromatic N) is 3. The van der Waals surface area contributed by atoms with Crippen molar-refractivity contribution in [2.45, 2.75) is 13.5 Å². The maximum absolute atomic E-state index is 12.6. The third kappa shape index (κ3) is 4.14. The summed E-state index contributed by atoms with van der Waals surface area (Å²) in [5.74, 6) is 0.735. The second-order valence-electron chi connectivity index (χ2n) is 8.19. The Hall–Kier alpha value is -2.99. The van der Waals surface area contributed by atoms with Crippen molar-refractivity contribution in [1.29, 1.82) is 0 Å². The fourth-order valence-corrected chi connectivity index (χ4v) is 4.14. The normalized spacial score (nSPS) is 14.9. The number of rotatable bonds is 5. The SMILES string of the molecule is COc1ccc2cc(CN(C)c3ccc(N4CCN(C)CC4)cc3C)c(=O)[nH]c2c1. The Balaban J connectivity index is 1.54. The number of ether oxygens (including phenoxy) is 1. The van der Waals surface area contributed by atoms with Crippen molar-refractivity contribution in [3.05, 3.63) is 63.9 Å². The van der Waals surface area contributed by atoms with Gasteiger partial charge in [-0.25, -0.2) is 0 Å². The van der Waals surface area contributed by atoms with Gasteiger partial charge in [-0.05, 0) is 61.3 Å². The minimum atomic E-state index is -0.0608. The molecule has 1 aromatic heterocycles. The van der Waals surface area contributed by atoms with Gasteiger partial charge in [-0.3, -0.25) is 4.79 Å². The predicted octanol–water partition coefficient (Wildman–Crippen LogP) is 3.23. The molecular formula is C24H30N4O2. The van der Waals surface area contributed by atoms with Gasteiger partial charge in [0.05, 0.1) is 12.6 Å². The number of hydrogen-bond acceptors (Lipinski definition) is 5. The average Bonchev–Trinajstić information content (AvgIpc) is 2.74. The zero-order valence-corrected chi connectivity index (χ0v) is 18.2. The van der Waals surface area contributed by atoms with E-state index in [0.29, 0.717) is 6.54 Å². The molecule has 1 fully saturated rings. The summed E-state index contributed by atoms with van der Waals surface area (Å²) in [5.41, 5.74) is 5.11. The Morgan fingerprint density at radius 3 is 2.53 bits per heavy atom. The van der Waals surface area contributed by atoms with Crippen molar-refractivity contribution in [3.8, 4) is 5.75 Å². The first-order valence-corrected chi connectivity index (χ1v) is 10.4. The molecule has 0 unspecified atom stereocenters. The fourth-order valence-electron chi connectivity index (χ4n) is 4.14. The molecule has 0 amide bonds. The summed E-state index contributed by atoms with van der Waals surface area (Å²) in [6, 6.07) is 14.3. The van der Waals surface area contributed by atoms with E-state index in [2.05, 4.69) is 51.9 Å². The van der Waals surface area contributed by atoms with Crippen molar-refractivity contribution in [3.63, 3.8) is 0 Å². The van der Waals surface area contributed by atoms with Crippen LogP contribution in [0.25, 0.3) is 10.9 Å². The van der Waals surface area contributed by atoms with Crippen LogP contribution in [0.2, 0.25) is 0 Å². The lowest BCUT2D eigenvalue weighted by Crippen LogP contribution is -2.44. The lowest BCUT2D eigenvalue weighted by atomic mass is 10.1. The van der Waals surface area contributed by atoms with E-state index in [1.54, 1.807) is 7.11 Å². The quantitative estimate of drug-likeness (QED) is 0.705. The number of likely N-dealkylation sites (N-methyl/N-ethyl adjacent to an activating group) is 1. The van der Waals surface area contributed by atoms with Gasteiger partial charge in [0, 0.05) is 62.8 Å². The number of hydrogen-bond donors (Lipinski definition) is 1. The molecule has 1 aliphatic rings. The molecule has 3 aromatic rings. The number of nitrogens with one attached hydrogen (secondary N) is 1. The minimum Gasteiger partial charge on any atom is -0.497 e. The van der Waals surface area contributed by atoms with Gasteiger partial charge in [0.1, 0.15) is 5.75 Å². The Morgan fingerprint density at radius 1 is 1.07 bits per heavy atom. The number of aromatic nitrogens is 1. The summed E-state index contributed by atoms with van der Waals surface area (Å²) in [4.78, 5) is 22.6. The van der Waals surface area contributed by atoms with Gasteiger partial charge in [0.2, 0.25) is 0 Å². The molecule has 0 radical (unpaired) electrons. The van der Waals surface area contributed by atoms with E-state index in [9.17, 15) is 4.79 Å². The zero-order valence-electron chi connectivity index (χ0n) is 18.2. The van der Waals surface area contributed by atoms with Crippen LogP contribution < -0.4 is 20.1 Å². The number of H-pyrrole nitrogens is 1. The number of aromatic amines is 1. The van der Waals surface area contributed by atoms with E-state index in [0.717, 1.165) is 54.1 Å². The first-order chi connectivity index (χ1) is 14.4. The monoisotopic (exact) mass is 406 g/mol. The lowest BCUT2D eigenvalue weighted by molar-refractivity contribution is 0.313. The van der Waals surface area contributed by atoms with E-state index >= 15 is 0 Å². The molecule has 6 nitrogen and oxygen atoms in total. The molecule has 0 atom stereocenters. The number of aryl methyl sites for hydroxylation is 1. The number of anilines is 2. The largest absolute Gasteiger partial charge is 0.497 e. The Morgan fingerprint density at radius 2 is 1.83 bits per heavy atom. The summed E-state index contributed by atoms with van der Waals surface area (Å²) in [6.07, 6.45) is 0. The smallest absolute Gasteiger partial charge is 0.253 e. The standard InChI is InChI=1S/C24H30N4O2/c1-17-13-20(28-11-9-26(2)10-12-28)6-8-23(17)27(3)16-19-14-18-5-7-21(30-4)15-22(18)25-24(19)29/h5-8,13-15H,9-12,16H2,1-4H3,(H,25,29). The predicted molar refractivity (Wildman–Crippen MR) is 124 cm³/mol. The summed E-state index contributed by atoms with van der Waals surface area (Å²) in [5, 5.41) is 1.00. The van der Waals surface area contributed by atoms with E-state index in [1.165, 1.54) is 11.3 Å². The minimum absolute atomic E-state index is 0.0608. The molecule has 4 rings (SSSR count). The van der Waals surface area contributed by atoms with E-state index < -0.39 is 0 Å². The van der Waals surface area contributed by atoms with Crippen LogP contribution in [0.4, 0.5) is 11.4 Å². The average molecular weight is 407 g/mol. The highest BCUT2D eigenvalue weighted by molar-refractivity contribution is 5.80. The Labute approximate surface area is 177 Å². The van der Waals surface area contributed by atoms with Crippen LogP contribution in [0, 0.1) is 6.92 Å². The summed E-state index contributed by atoms with van der Waals surface area (Å²) in [7, 11) is 5.83. The van der Waals surface area contributed by atoms with Gasteiger partial charge < -0.3 is 24.4 Å². The molecule has 1 aliphatic heterocycles. The number of fused-ring (bicyclic) bond motifs is 1. The van der Waals surface area contributed by atoms with Gasteiger partial charge >= 0.3 is 0 Å². The fraction of sp³-hybridized carbons (Fsp3) is 0.375. The van der Waals surface area contributed by atoms with Crippen LogP contribution >= 0.6 is 0 Å². The summed E-state index contributed by atoms with van der Waals surface area (Å²) < 4.78 is 5.25. The number of methoxy groups -OCH3 is 1. The molecule has 1 saturated heterocycles. The van der Waals surface area contributed by atoms with Gasteiger partial charge in [-0.2, -0.15) is 0 Å². The van der Waals surface area contributed by atoms with E-state index in [-0.39, 0.29) is 5.56 Å². The van der Waals surface area contributed by atoms with Crippen LogP contribution in [0.1, 0.15) is 11.1 Å². The van der Waals surface area contributed by atoms with Crippen LogP contribution in [-0.4, -0.2) is 57.3 Å². The second-order valence-corrected chi connectivity index (χ2v) is 8.19. The highest BCUT2D eigenvalue weighted by Gasteiger charge is 2.16.